The minimum Gasteiger partial charge on any atom is -0.376 e. The molecule has 114 valence electrons. The SMILES string of the molecule is CCOC(C(N)c1ccnn1-c1ccccc1)C(C)(C)C. The van der Waals surface area contributed by atoms with Crippen molar-refractivity contribution in [2.24, 2.45) is 11.1 Å². The Morgan fingerprint density at radius 1 is 1.19 bits per heavy atom. The zero-order valence-corrected chi connectivity index (χ0v) is 13.3. The van der Waals surface area contributed by atoms with Gasteiger partial charge in [-0.05, 0) is 30.5 Å². The van der Waals surface area contributed by atoms with Crippen LogP contribution >= 0.6 is 0 Å². The highest BCUT2D eigenvalue weighted by Gasteiger charge is 2.33. The van der Waals surface area contributed by atoms with Crippen molar-refractivity contribution < 1.29 is 4.74 Å². The summed E-state index contributed by atoms with van der Waals surface area (Å²) in [5.41, 5.74) is 8.45. The van der Waals surface area contributed by atoms with Crippen molar-refractivity contribution in [2.75, 3.05) is 6.61 Å². The second-order valence-electron chi connectivity index (χ2n) is 6.27. The number of aromatic nitrogens is 2. The Morgan fingerprint density at radius 2 is 1.86 bits per heavy atom. The van der Waals surface area contributed by atoms with E-state index in [1.807, 2.05) is 48.0 Å². The first-order valence-corrected chi connectivity index (χ1v) is 7.41. The summed E-state index contributed by atoms with van der Waals surface area (Å²) in [4.78, 5) is 0. The third-order valence-electron chi connectivity index (χ3n) is 3.54. The number of nitrogens with zero attached hydrogens (tertiary/aromatic N) is 2. The molecule has 0 saturated heterocycles. The molecular weight excluding hydrogens is 262 g/mol. The van der Waals surface area contributed by atoms with Crippen LogP contribution < -0.4 is 5.73 Å². The van der Waals surface area contributed by atoms with Gasteiger partial charge in [-0.25, -0.2) is 4.68 Å². The fourth-order valence-electron chi connectivity index (χ4n) is 2.58. The number of hydrogen-bond acceptors (Lipinski definition) is 3. The molecule has 0 aliphatic heterocycles. The first-order chi connectivity index (χ1) is 9.95. The molecule has 2 N–H and O–H groups in total. The fraction of sp³-hybridized carbons (Fsp3) is 0.471. The van der Waals surface area contributed by atoms with Crippen LogP contribution in [-0.4, -0.2) is 22.5 Å². The Morgan fingerprint density at radius 3 is 2.43 bits per heavy atom. The molecule has 0 amide bonds. The number of hydrogen-bond donors (Lipinski definition) is 1. The van der Waals surface area contributed by atoms with Gasteiger partial charge < -0.3 is 10.5 Å². The summed E-state index contributed by atoms with van der Waals surface area (Å²) in [6.45, 7) is 9.10. The number of benzene rings is 1. The maximum atomic E-state index is 6.51. The van der Waals surface area contributed by atoms with E-state index in [-0.39, 0.29) is 17.6 Å². The molecule has 1 heterocycles. The molecule has 0 saturated carbocycles. The normalized spacial score (nSPS) is 14.9. The molecule has 4 nitrogen and oxygen atoms in total. The van der Waals surface area contributed by atoms with E-state index >= 15 is 0 Å². The van der Waals surface area contributed by atoms with Crippen molar-refractivity contribution in [3.8, 4) is 5.69 Å². The second-order valence-corrected chi connectivity index (χ2v) is 6.27. The molecule has 2 aromatic rings. The van der Waals surface area contributed by atoms with Crippen LogP contribution in [0.5, 0.6) is 0 Å². The highest BCUT2D eigenvalue weighted by atomic mass is 16.5. The number of ether oxygens (including phenoxy) is 1. The Kier molecular flexibility index (Phi) is 4.80. The monoisotopic (exact) mass is 287 g/mol. The summed E-state index contributed by atoms with van der Waals surface area (Å²) >= 11 is 0. The van der Waals surface area contributed by atoms with E-state index in [0.717, 1.165) is 11.4 Å². The Bertz CT molecular complexity index is 557. The summed E-state index contributed by atoms with van der Waals surface area (Å²) in [5, 5.41) is 4.41. The summed E-state index contributed by atoms with van der Waals surface area (Å²) in [6.07, 6.45) is 1.72. The van der Waals surface area contributed by atoms with Gasteiger partial charge in [0.15, 0.2) is 0 Å². The number of nitrogens with two attached hydrogens (primary N) is 1. The second kappa shape index (κ2) is 6.41. The molecule has 4 heteroatoms. The van der Waals surface area contributed by atoms with Crippen molar-refractivity contribution >= 4 is 0 Å². The highest BCUT2D eigenvalue weighted by Crippen LogP contribution is 2.32. The lowest BCUT2D eigenvalue weighted by atomic mass is 9.83. The predicted molar refractivity (Wildman–Crippen MR) is 85.4 cm³/mol. The standard InChI is InChI=1S/C17H25N3O/c1-5-21-16(17(2,3)4)15(18)14-11-12-19-20(14)13-9-7-6-8-10-13/h6-12,15-16H,5,18H2,1-4H3. The first-order valence-electron chi connectivity index (χ1n) is 7.41. The van der Waals surface area contributed by atoms with E-state index in [9.17, 15) is 0 Å². The average molecular weight is 287 g/mol. The quantitative estimate of drug-likeness (QED) is 0.917. The van der Waals surface area contributed by atoms with Gasteiger partial charge in [-0.2, -0.15) is 5.10 Å². The van der Waals surface area contributed by atoms with Crippen LogP contribution in [0.3, 0.4) is 0 Å². The van der Waals surface area contributed by atoms with Gasteiger partial charge >= 0.3 is 0 Å². The predicted octanol–water partition coefficient (Wildman–Crippen LogP) is 3.32. The average Bonchev–Trinajstić information content (AvgIpc) is 2.93. The molecule has 0 spiro atoms. The zero-order valence-electron chi connectivity index (χ0n) is 13.3. The van der Waals surface area contributed by atoms with Crippen molar-refractivity contribution in [3.63, 3.8) is 0 Å². The van der Waals surface area contributed by atoms with Crippen LogP contribution in [0.1, 0.15) is 39.4 Å². The highest BCUT2D eigenvalue weighted by molar-refractivity contribution is 5.33. The summed E-state index contributed by atoms with van der Waals surface area (Å²) < 4.78 is 7.81. The maximum absolute atomic E-state index is 6.51. The molecular formula is C17H25N3O. The van der Waals surface area contributed by atoms with Crippen LogP contribution in [-0.2, 0) is 4.74 Å². The van der Waals surface area contributed by atoms with Gasteiger partial charge in [-0.3, -0.25) is 0 Å². The molecule has 1 aromatic heterocycles. The van der Waals surface area contributed by atoms with Crippen LogP contribution in [0.15, 0.2) is 42.6 Å². The smallest absolute Gasteiger partial charge is 0.0830 e. The topological polar surface area (TPSA) is 53.1 Å². The third kappa shape index (κ3) is 3.52. The zero-order chi connectivity index (χ0) is 15.5. The molecule has 0 aliphatic carbocycles. The van der Waals surface area contributed by atoms with E-state index in [1.54, 1.807) is 6.20 Å². The Hall–Kier alpha value is -1.65. The van der Waals surface area contributed by atoms with Crippen LogP contribution in [0, 0.1) is 5.41 Å². The molecule has 2 atom stereocenters. The van der Waals surface area contributed by atoms with E-state index in [1.165, 1.54) is 0 Å². The molecule has 21 heavy (non-hydrogen) atoms. The summed E-state index contributed by atoms with van der Waals surface area (Å²) in [5.74, 6) is 0. The number of rotatable bonds is 5. The van der Waals surface area contributed by atoms with E-state index in [4.69, 9.17) is 10.5 Å². The molecule has 0 radical (unpaired) electrons. The summed E-state index contributed by atoms with van der Waals surface area (Å²) in [7, 11) is 0. The van der Waals surface area contributed by atoms with Gasteiger partial charge in [0.1, 0.15) is 0 Å². The molecule has 1 aromatic carbocycles. The fourth-order valence-corrected chi connectivity index (χ4v) is 2.58. The maximum Gasteiger partial charge on any atom is 0.0830 e. The van der Waals surface area contributed by atoms with Gasteiger partial charge in [0.25, 0.3) is 0 Å². The van der Waals surface area contributed by atoms with Crippen molar-refractivity contribution in [2.45, 2.75) is 39.8 Å². The Balaban J connectivity index is 2.36. The number of para-hydroxylation sites is 1. The van der Waals surface area contributed by atoms with Crippen LogP contribution in [0.2, 0.25) is 0 Å². The minimum absolute atomic E-state index is 0.0405. The van der Waals surface area contributed by atoms with Crippen LogP contribution in [0.4, 0.5) is 0 Å². The van der Waals surface area contributed by atoms with Gasteiger partial charge in [0.05, 0.1) is 23.5 Å². The lowest BCUT2D eigenvalue weighted by molar-refractivity contribution is -0.0295. The molecule has 0 fully saturated rings. The van der Waals surface area contributed by atoms with Gasteiger partial charge in [0, 0.05) is 12.8 Å². The van der Waals surface area contributed by atoms with Gasteiger partial charge in [-0.1, -0.05) is 39.0 Å². The van der Waals surface area contributed by atoms with Gasteiger partial charge in [-0.15, -0.1) is 0 Å². The van der Waals surface area contributed by atoms with Gasteiger partial charge in [0.2, 0.25) is 0 Å². The summed E-state index contributed by atoms with van der Waals surface area (Å²) in [6, 6.07) is 11.8. The minimum atomic E-state index is -0.229. The van der Waals surface area contributed by atoms with Crippen LogP contribution in [0.25, 0.3) is 5.69 Å². The largest absolute Gasteiger partial charge is 0.376 e. The first kappa shape index (κ1) is 15.7. The molecule has 2 unspecified atom stereocenters. The lowest BCUT2D eigenvalue weighted by Crippen LogP contribution is -2.40. The van der Waals surface area contributed by atoms with E-state index < -0.39 is 0 Å². The third-order valence-corrected chi connectivity index (χ3v) is 3.54. The van der Waals surface area contributed by atoms with Crippen molar-refractivity contribution in [3.05, 3.63) is 48.3 Å². The van der Waals surface area contributed by atoms with E-state index in [2.05, 4.69) is 25.9 Å². The molecule has 0 bridgehead atoms. The lowest BCUT2D eigenvalue weighted by Gasteiger charge is -2.35. The molecule has 2 rings (SSSR count). The van der Waals surface area contributed by atoms with Crippen molar-refractivity contribution in [1.29, 1.82) is 0 Å². The van der Waals surface area contributed by atoms with E-state index in [0.29, 0.717) is 6.61 Å². The van der Waals surface area contributed by atoms with Crippen molar-refractivity contribution in [1.82, 2.24) is 9.78 Å². The molecule has 0 aliphatic rings. The Labute approximate surface area is 126 Å².